The molecule has 0 aromatic rings. The number of carboxylic acids is 2. The largest absolute Gasteiger partial charge is 0.479 e. The summed E-state index contributed by atoms with van der Waals surface area (Å²) >= 11 is 0. The van der Waals surface area contributed by atoms with Gasteiger partial charge in [0.05, 0.1) is 0 Å². The molecule has 0 aromatic carbocycles. The molecule has 7 heteroatoms. The highest BCUT2D eigenvalue weighted by molar-refractivity contribution is 5.81. The van der Waals surface area contributed by atoms with E-state index in [0.29, 0.717) is 0 Å². The number of carbonyl (C=O) groups is 2. The van der Waals surface area contributed by atoms with Crippen LogP contribution in [0.5, 0.6) is 0 Å². The molecule has 0 aliphatic heterocycles. The summed E-state index contributed by atoms with van der Waals surface area (Å²) in [4.78, 5) is 20.9. The maximum Gasteiger partial charge on any atom is 0.338 e. The number of aliphatic hydroxyl groups excluding tert-OH is 2. The van der Waals surface area contributed by atoms with Crippen LogP contribution in [0.4, 0.5) is 0 Å². The lowest BCUT2D eigenvalue weighted by Crippen LogP contribution is -2.55. The topological polar surface area (TPSA) is 124 Å². The third kappa shape index (κ3) is 2.19. The van der Waals surface area contributed by atoms with Crippen LogP contribution >= 0.6 is 0 Å². The zero-order valence-electron chi connectivity index (χ0n) is 7.67. The molecule has 0 radical (unpaired) electrons. The van der Waals surface area contributed by atoms with Gasteiger partial charge in [-0.3, -0.25) is 0 Å². The average molecular weight is 208 g/mol. The molecule has 0 saturated heterocycles. The van der Waals surface area contributed by atoms with Crippen molar-refractivity contribution in [3.05, 3.63) is 0 Å². The van der Waals surface area contributed by atoms with Crippen molar-refractivity contribution >= 4 is 11.9 Å². The van der Waals surface area contributed by atoms with Gasteiger partial charge in [-0.25, -0.2) is 9.59 Å². The zero-order chi connectivity index (χ0) is 11.5. The first-order valence-electron chi connectivity index (χ1n) is 3.64. The second kappa shape index (κ2) is 4.36. The zero-order valence-corrected chi connectivity index (χ0v) is 7.67. The lowest BCUT2D eigenvalue weighted by atomic mass is 9.94. The van der Waals surface area contributed by atoms with E-state index in [4.69, 9.17) is 15.3 Å². The van der Waals surface area contributed by atoms with Gasteiger partial charge in [0.15, 0.2) is 11.7 Å². The van der Waals surface area contributed by atoms with E-state index in [1.807, 2.05) is 0 Å². The maximum atomic E-state index is 10.6. The summed E-state index contributed by atoms with van der Waals surface area (Å²) in [5.74, 6) is -3.28. The van der Waals surface area contributed by atoms with E-state index in [2.05, 4.69) is 4.74 Å². The molecule has 0 amide bonds. The number of hydrogen-bond donors (Lipinski definition) is 4. The molecule has 0 saturated carbocycles. The van der Waals surface area contributed by atoms with Crippen LogP contribution in [0, 0.1) is 0 Å². The Hall–Kier alpha value is -1.18. The van der Waals surface area contributed by atoms with Crippen molar-refractivity contribution < 1.29 is 34.8 Å². The molecule has 0 heterocycles. The van der Waals surface area contributed by atoms with Gasteiger partial charge in [-0.05, 0) is 6.92 Å². The molecule has 0 unspecified atom stereocenters. The quantitative estimate of drug-likeness (QED) is 0.423. The smallest absolute Gasteiger partial charge is 0.338 e. The molecule has 0 aliphatic rings. The number of aliphatic hydroxyl groups is 2. The summed E-state index contributed by atoms with van der Waals surface area (Å²) in [5.41, 5.74) is -2.15. The van der Waals surface area contributed by atoms with Gasteiger partial charge in [-0.2, -0.15) is 0 Å². The molecule has 0 aliphatic carbocycles. The molecule has 0 fully saturated rings. The Morgan fingerprint density at radius 2 is 1.71 bits per heavy atom. The predicted octanol–water partition coefficient (Wildman–Crippen LogP) is -1.72. The number of hydrogen-bond acceptors (Lipinski definition) is 5. The van der Waals surface area contributed by atoms with E-state index in [9.17, 15) is 14.7 Å². The van der Waals surface area contributed by atoms with Crippen LogP contribution in [-0.2, 0) is 14.3 Å². The lowest BCUT2D eigenvalue weighted by Gasteiger charge is -2.29. The van der Waals surface area contributed by atoms with Gasteiger partial charge in [-0.1, -0.05) is 0 Å². The van der Waals surface area contributed by atoms with E-state index in [-0.39, 0.29) is 0 Å². The minimum absolute atomic E-state index is 0.964. The fraction of sp³-hybridized carbons (Fsp3) is 0.714. The molecule has 14 heavy (non-hydrogen) atoms. The number of ether oxygens (including phenoxy) is 1. The average Bonchev–Trinajstić information content (AvgIpc) is 2.13. The molecule has 0 rings (SSSR count). The van der Waals surface area contributed by atoms with Crippen LogP contribution < -0.4 is 0 Å². The van der Waals surface area contributed by atoms with Crippen molar-refractivity contribution in [2.45, 2.75) is 24.7 Å². The highest BCUT2D eigenvalue weighted by Gasteiger charge is 2.47. The second-order valence-electron chi connectivity index (χ2n) is 2.84. The summed E-state index contributed by atoms with van der Waals surface area (Å²) in [6.07, 6.45) is -4.27. The summed E-state index contributed by atoms with van der Waals surface area (Å²) in [5, 5.41) is 35.1. The van der Waals surface area contributed by atoms with Crippen molar-refractivity contribution in [3.63, 3.8) is 0 Å². The summed E-state index contributed by atoms with van der Waals surface area (Å²) in [6, 6.07) is 0. The van der Waals surface area contributed by atoms with Gasteiger partial charge in [0.2, 0.25) is 0 Å². The Morgan fingerprint density at radius 1 is 1.29 bits per heavy atom. The van der Waals surface area contributed by atoms with Gasteiger partial charge >= 0.3 is 11.9 Å². The van der Waals surface area contributed by atoms with Gasteiger partial charge in [0, 0.05) is 7.11 Å². The predicted molar refractivity (Wildman–Crippen MR) is 42.7 cm³/mol. The van der Waals surface area contributed by atoms with Crippen LogP contribution in [0.15, 0.2) is 0 Å². The van der Waals surface area contributed by atoms with Crippen molar-refractivity contribution in [2.24, 2.45) is 0 Å². The van der Waals surface area contributed by atoms with Gasteiger partial charge < -0.3 is 25.2 Å². The minimum Gasteiger partial charge on any atom is -0.479 e. The van der Waals surface area contributed by atoms with E-state index >= 15 is 0 Å². The van der Waals surface area contributed by atoms with Crippen LogP contribution in [0.2, 0.25) is 0 Å². The van der Waals surface area contributed by atoms with E-state index in [1.54, 1.807) is 0 Å². The molecule has 82 valence electrons. The van der Waals surface area contributed by atoms with E-state index < -0.39 is 29.7 Å². The van der Waals surface area contributed by atoms with Crippen molar-refractivity contribution in [1.29, 1.82) is 0 Å². The minimum atomic E-state index is -2.21. The first-order valence-corrected chi connectivity index (χ1v) is 3.64. The molecule has 3 atom stereocenters. The molecule has 7 nitrogen and oxygen atoms in total. The molecule has 0 spiro atoms. The summed E-state index contributed by atoms with van der Waals surface area (Å²) < 4.78 is 4.46. The van der Waals surface area contributed by atoms with Crippen LogP contribution in [0.1, 0.15) is 6.92 Å². The third-order valence-corrected chi connectivity index (χ3v) is 1.97. The van der Waals surface area contributed by atoms with Crippen molar-refractivity contribution in [2.75, 3.05) is 7.11 Å². The molecule has 0 aromatic heterocycles. The van der Waals surface area contributed by atoms with Crippen molar-refractivity contribution in [1.82, 2.24) is 0 Å². The maximum absolute atomic E-state index is 10.6. The Balaban J connectivity index is 4.87. The first kappa shape index (κ1) is 12.8. The Bertz CT molecular complexity index is 238. The SMILES string of the molecule is CO[C@@](C)(C(=O)O)[C@@H](O)[C@H](O)C(=O)O. The third-order valence-electron chi connectivity index (χ3n) is 1.97. The Kier molecular flexibility index (Phi) is 3.99. The summed E-state index contributed by atoms with van der Waals surface area (Å²) in [7, 11) is 0.992. The highest BCUT2D eigenvalue weighted by atomic mass is 16.5. The van der Waals surface area contributed by atoms with Gasteiger partial charge in [0.25, 0.3) is 0 Å². The molecule has 0 bridgehead atoms. The Morgan fingerprint density at radius 3 is 1.93 bits per heavy atom. The number of rotatable bonds is 5. The van der Waals surface area contributed by atoms with Crippen molar-refractivity contribution in [3.8, 4) is 0 Å². The Labute approximate surface area is 79.5 Å². The fourth-order valence-electron chi connectivity index (χ4n) is 0.771. The van der Waals surface area contributed by atoms with Crippen LogP contribution in [0.25, 0.3) is 0 Å². The molecule has 4 N–H and O–H groups in total. The molecular formula is C7H12O7. The van der Waals surface area contributed by atoms with Crippen LogP contribution in [-0.4, -0.2) is 57.3 Å². The lowest BCUT2D eigenvalue weighted by molar-refractivity contribution is -0.190. The van der Waals surface area contributed by atoms with Gasteiger partial charge in [-0.15, -0.1) is 0 Å². The van der Waals surface area contributed by atoms with E-state index in [1.165, 1.54) is 0 Å². The number of methoxy groups -OCH3 is 1. The van der Waals surface area contributed by atoms with E-state index in [0.717, 1.165) is 14.0 Å². The second-order valence-corrected chi connectivity index (χ2v) is 2.84. The highest BCUT2D eigenvalue weighted by Crippen LogP contribution is 2.18. The normalized spacial score (nSPS) is 19.4. The number of carboxylic acid groups (broad SMARTS) is 2. The monoisotopic (exact) mass is 208 g/mol. The van der Waals surface area contributed by atoms with Gasteiger partial charge in [0.1, 0.15) is 6.10 Å². The fourth-order valence-corrected chi connectivity index (χ4v) is 0.771. The first-order chi connectivity index (χ1) is 6.27. The van der Waals surface area contributed by atoms with Crippen LogP contribution in [0.3, 0.4) is 0 Å². The number of aliphatic carboxylic acids is 2. The molecular weight excluding hydrogens is 196 g/mol. The standard InChI is InChI=1S/C7H12O7/c1-7(14-2,6(12)13)4(9)3(8)5(10)11/h3-4,8-9H,1-2H3,(H,10,11)(H,12,13)/t3-,4-,7+/m0/s1. The summed E-state index contributed by atoms with van der Waals surface area (Å²) in [6.45, 7) is 0.964.